The second-order valence-corrected chi connectivity index (χ2v) is 9.21. The minimum atomic E-state index is -4.57. The summed E-state index contributed by atoms with van der Waals surface area (Å²) >= 11 is 0. The average molecular weight is 533 g/mol. The van der Waals surface area contributed by atoms with Crippen LogP contribution < -0.4 is 10.1 Å². The first-order valence-electron chi connectivity index (χ1n) is 12.3. The van der Waals surface area contributed by atoms with Crippen molar-refractivity contribution in [2.24, 2.45) is 0 Å². The molecule has 0 aliphatic rings. The molecule has 200 valence electrons. The molecule has 1 N–H and O–H groups in total. The highest BCUT2D eigenvalue weighted by molar-refractivity contribution is 6.09. The van der Waals surface area contributed by atoms with Gasteiger partial charge in [0.1, 0.15) is 11.4 Å². The molecule has 0 atom stereocenters. The number of ketones is 1. The van der Waals surface area contributed by atoms with Gasteiger partial charge in [0.25, 0.3) is 5.91 Å². The van der Waals surface area contributed by atoms with Gasteiger partial charge in [-0.25, -0.2) is 4.98 Å². The van der Waals surface area contributed by atoms with Crippen molar-refractivity contribution in [2.75, 3.05) is 6.54 Å². The highest BCUT2D eigenvalue weighted by Gasteiger charge is 2.31. The molecular weight excluding hydrogens is 505 g/mol. The van der Waals surface area contributed by atoms with Crippen molar-refractivity contribution in [1.82, 2.24) is 10.3 Å². The Labute approximate surface area is 224 Å². The Morgan fingerprint density at radius 2 is 1.69 bits per heavy atom. The lowest BCUT2D eigenvalue weighted by Crippen LogP contribution is -2.27. The number of ether oxygens (including phenoxy) is 1. The molecule has 0 unspecified atom stereocenters. The maximum absolute atomic E-state index is 13.7. The number of aromatic nitrogens is 1. The predicted octanol–water partition coefficient (Wildman–Crippen LogP) is 7.35. The Bertz CT molecular complexity index is 1520. The van der Waals surface area contributed by atoms with Crippen LogP contribution in [-0.2, 0) is 12.6 Å². The first-order chi connectivity index (χ1) is 18.5. The third-order valence-corrected chi connectivity index (χ3v) is 6.23. The molecule has 4 aromatic rings. The number of nitrogens with one attached hydrogen (secondary N) is 1. The lowest BCUT2D eigenvalue weighted by molar-refractivity contribution is -0.137. The number of amides is 1. The first kappa shape index (κ1) is 27.6. The smallest absolute Gasteiger partial charge is 0.416 e. The molecule has 5 nitrogen and oxygen atoms in total. The van der Waals surface area contributed by atoms with E-state index in [9.17, 15) is 22.8 Å². The predicted molar refractivity (Wildman–Crippen MR) is 143 cm³/mol. The van der Waals surface area contributed by atoms with E-state index in [2.05, 4.69) is 16.4 Å². The summed E-state index contributed by atoms with van der Waals surface area (Å²) in [5.41, 5.74) is 3.28. The summed E-state index contributed by atoms with van der Waals surface area (Å²) in [5, 5.41) is 2.89. The van der Waals surface area contributed by atoms with Gasteiger partial charge in [0.15, 0.2) is 11.5 Å². The molecule has 0 bridgehead atoms. The quantitative estimate of drug-likeness (QED) is 0.241. The molecule has 1 heterocycles. The zero-order valence-corrected chi connectivity index (χ0v) is 21.7. The van der Waals surface area contributed by atoms with Gasteiger partial charge in [-0.1, -0.05) is 60.2 Å². The van der Waals surface area contributed by atoms with E-state index < -0.39 is 17.6 Å². The average Bonchev–Trinajstić information content (AvgIpc) is 2.89. The second kappa shape index (κ2) is 11.5. The summed E-state index contributed by atoms with van der Waals surface area (Å²) in [7, 11) is 0. The van der Waals surface area contributed by atoms with Crippen molar-refractivity contribution < 1.29 is 27.5 Å². The van der Waals surface area contributed by atoms with E-state index >= 15 is 0 Å². The van der Waals surface area contributed by atoms with E-state index in [1.165, 1.54) is 25.3 Å². The fraction of sp³-hybridized carbons (Fsp3) is 0.194. The lowest BCUT2D eigenvalue weighted by atomic mass is 9.95. The fourth-order valence-corrected chi connectivity index (χ4v) is 4.34. The van der Waals surface area contributed by atoms with Crippen LogP contribution in [-0.4, -0.2) is 23.2 Å². The number of nitrogens with zero attached hydrogens (tertiary/aromatic N) is 1. The van der Waals surface area contributed by atoms with Crippen molar-refractivity contribution in [3.8, 4) is 22.6 Å². The van der Waals surface area contributed by atoms with Crippen LogP contribution in [0.1, 0.15) is 50.0 Å². The maximum Gasteiger partial charge on any atom is 0.416 e. The van der Waals surface area contributed by atoms with Crippen LogP contribution in [0.4, 0.5) is 13.2 Å². The van der Waals surface area contributed by atoms with E-state index in [-0.39, 0.29) is 40.6 Å². The summed E-state index contributed by atoms with van der Waals surface area (Å²) in [4.78, 5) is 30.4. The molecular formula is C31H27F3N2O3. The number of Topliss-reactive ketones (excluding diaryl/α,β-unsaturated/α-hetero) is 1. The van der Waals surface area contributed by atoms with Crippen LogP contribution in [0.25, 0.3) is 11.1 Å². The van der Waals surface area contributed by atoms with Crippen molar-refractivity contribution in [2.45, 2.75) is 33.4 Å². The molecule has 0 aliphatic heterocycles. The Morgan fingerprint density at radius 3 is 2.36 bits per heavy atom. The molecule has 39 heavy (non-hydrogen) atoms. The normalized spacial score (nSPS) is 11.2. The van der Waals surface area contributed by atoms with Gasteiger partial charge >= 0.3 is 6.18 Å². The van der Waals surface area contributed by atoms with Crippen LogP contribution >= 0.6 is 0 Å². The molecule has 0 aliphatic carbocycles. The molecule has 3 aromatic carbocycles. The molecule has 0 fully saturated rings. The zero-order chi connectivity index (χ0) is 28.2. The summed E-state index contributed by atoms with van der Waals surface area (Å²) in [6.07, 6.45) is -2.81. The SMILES string of the molecule is CC(=O)c1ncc(Oc2cccc(C(F)(F)F)c2)c(C(=O)NCCc2ccc(C)cc2C)c1-c1ccccc1. The van der Waals surface area contributed by atoms with Crippen molar-refractivity contribution >= 4 is 11.7 Å². The third kappa shape index (κ3) is 6.52. The van der Waals surface area contributed by atoms with E-state index in [4.69, 9.17) is 4.74 Å². The minimum absolute atomic E-state index is 0.0134. The number of halogens is 3. The Hall–Kier alpha value is -4.46. The van der Waals surface area contributed by atoms with Gasteiger partial charge in [-0.2, -0.15) is 13.2 Å². The highest BCUT2D eigenvalue weighted by Crippen LogP contribution is 2.37. The summed E-state index contributed by atoms with van der Waals surface area (Å²) < 4.78 is 45.7. The fourth-order valence-electron chi connectivity index (χ4n) is 4.34. The largest absolute Gasteiger partial charge is 0.455 e. The third-order valence-electron chi connectivity index (χ3n) is 6.23. The summed E-state index contributed by atoms with van der Waals surface area (Å²) in [6.45, 7) is 5.63. The maximum atomic E-state index is 13.7. The number of carbonyl (C=O) groups is 2. The number of alkyl halides is 3. The second-order valence-electron chi connectivity index (χ2n) is 9.21. The lowest BCUT2D eigenvalue weighted by Gasteiger charge is -2.18. The molecule has 0 saturated carbocycles. The highest BCUT2D eigenvalue weighted by atomic mass is 19.4. The molecule has 1 amide bonds. The van der Waals surface area contributed by atoms with E-state index in [0.29, 0.717) is 12.0 Å². The summed E-state index contributed by atoms with van der Waals surface area (Å²) in [6, 6.07) is 19.2. The van der Waals surface area contributed by atoms with Gasteiger partial charge < -0.3 is 10.1 Å². The molecule has 0 saturated heterocycles. The van der Waals surface area contributed by atoms with Gasteiger partial charge in [0, 0.05) is 19.0 Å². The molecule has 8 heteroatoms. The van der Waals surface area contributed by atoms with E-state index in [1.807, 2.05) is 26.0 Å². The van der Waals surface area contributed by atoms with Crippen molar-refractivity contribution in [1.29, 1.82) is 0 Å². The number of pyridine rings is 1. The standard InChI is InChI=1S/C31H27F3N2O3/c1-19-12-13-22(20(2)16-19)14-15-35-30(38)28-26(39-25-11-7-10-24(17-25)31(32,33)34)18-36-29(21(3)37)27(28)23-8-5-4-6-9-23/h4-13,16-18H,14-15H2,1-3H3,(H,35,38). The number of carbonyl (C=O) groups excluding carboxylic acids is 2. The van der Waals surface area contributed by atoms with Gasteiger partial charge in [-0.05, 0) is 55.2 Å². The first-order valence-corrected chi connectivity index (χ1v) is 12.3. The number of aryl methyl sites for hydroxylation is 2. The summed E-state index contributed by atoms with van der Waals surface area (Å²) in [5.74, 6) is -1.10. The van der Waals surface area contributed by atoms with Crippen LogP contribution in [0.5, 0.6) is 11.5 Å². The topological polar surface area (TPSA) is 68.3 Å². The number of hydrogen-bond donors (Lipinski definition) is 1. The number of rotatable bonds is 8. The molecule has 4 rings (SSSR count). The Morgan fingerprint density at radius 1 is 0.949 bits per heavy atom. The van der Waals surface area contributed by atoms with Gasteiger partial charge in [-0.15, -0.1) is 0 Å². The van der Waals surface area contributed by atoms with E-state index in [1.54, 1.807) is 30.3 Å². The van der Waals surface area contributed by atoms with Gasteiger partial charge in [0.2, 0.25) is 0 Å². The van der Waals surface area contributed by atoms with Crippen LogP contribution in [0.3, 0.4) is 0 Å². The van der Waals surface area contributed by atoms with Crippen molar-refractivity contribution in [3.63, 3.8) is 0 Å². The van der Waals surface area contributed by atoms with Crippen LogP contribution in [0.2, 0.25) is 0 Å². The van der Waals surface area contributed by atoms with Crippen LogP contribution in [0, 0.1) is 13.8 Å². The Kier molecular flexibility index (Phi) is 8.14. The zero-order valence-electron chi connectivity index (χ0n) is 21.7. The molecule has 1 aromatic heterocycles. The van der Waals surface area contributed by atoms with E-state index in [0.717, 1.165) is 28.8 Å². The van der Waals surface area contributed by atoms with Crippen LogP contribution in [0.15, 0.2) is 79.0 Å². The number of hydrogen-bond acceptors (Lipinski definition) is 4. The van der Waals surface area contributed by atoms with Gasteiger partial charge in [-0.3, -0.25) is 9.59 Å². The Balaban J connectivity index is 1.76. The molecule has 0 spiro atoms. The molecule has 0 radical (unpaired) electrons. The monoisotopic (exact) mass is 532 g/mol. The number of benzene rings is 3. The van der Waals surface area contributed by atoms with Gasteiger partial charge in [0.05, 0.1) is 17.3 Å². The minimum Gasteiger partial charge on any atom is -0.455 e. The van der Waals surface area contributed by atoms with Crippen molar-refractivity contribution in [3.05, 3.63) is 113 Å².